The van der Waals surface area contributed by atoms with Crippen LogP contribution in [0.2, 0.25) is 0 Å². The van der Waals surface area contributed by atoms with Crippen molar-refractivity contribution in [1.82, 2.24) is 5.32 Å². The Hall–Kier alpha value is -2.35. The number of amides is 1. The zero-order valence-electron chi connectivity index (χ0n) is 12.3. The van der Waals surface area contributed by atoms with Crippen molar-refractivity contribution in [2.75, 3.05) is 0 Å². The fourth-order valence-corrected chi connectivity index (χ4v) is 2.18. The van der Waals surface area contributed by atoms with Gasteiger partial charge >= 0.3 is 0 Å². The van der Waals surface area contributed by atoms with Gasteiger partial charge in [0, 0.05) is 12.1 Å². The molecule has 0 unspecified atom stereocenters. The molecule has 108 valence electrons. The van der Waals surface area contributed by atoms with Gasteiger partial charge in [-0.1, -0.05) is 67.6 Å². The third-order valence-corrected chi connectivity index (χ3v) is 3.39. The van der Waals surface area contributed by atoms with Gasteiger partial charge in [-0.3, -0.25) is 4.79 Å². The van der Waals surface area contributed by atoms with E-state index >= 15 is 0 Å². The second-order valence-corrected chi connectivity index (χ2v) is 5.05. The van der Waals surface area contributed by atoms with Crippen LogP contribution in [0.3, 0.4) is 0 Å². The van der Waals surface area contributed by atoms with Crippen molar-refractivity contribution in [3.05, 3.63) is 77.9 Å². The summed E-state index contributed by atoms with van der Waals surface area (Å²) in [5, 5.41) is 3.06. The van der Waals surface area contributed by atoms with Crippen LogP contribution in [0, 0.1) is 0 Å². The van der Waals surface area contributed by atoms with Gasteiger partial charge in [0.1, 0.15) is 0 Å². The Balaban J connectivity index is 1.89. The van der Waals surface area contributed by atoms with Crippen molar-refractivity contribution in [2.24, 2.45) is 0 Å². The zero-order chi connectivity index (χ0) is 14.9. The largest absolute Gasteiger partial charge is 0.349 e. The predicted molar refractivity (Wildman–Crippen MR) is 87.8 cm³/mol. The lowest BCUT2D eigenvalue weighted by Gasteiger charge is -2.15. The first-order valence-corrected chi connectivity index (χ1v) is 7.35. The first kappa shape index (κ1) is 15.0. The molecule has 0 aromatic heterocycles. The summed E-state index contributed by atoms with van der Waals surface area (Å²) in [5.41, 5.74) is 2.28. The highest BCUT2D eigenvalue weighted by Crippen LogP contribution is 2.06. The van der Waals surface area contributed by atoms with Gasteiger partial charge in [-0.05, 0) is 30.0 Å². The molecule has 0 bridgehead atoms. The Bertz CT molecular complexity index is 575. The maximum atomic E-state index is 12.0. The molecule has 1 amide bonds. The third kappa shape index (κ3) is 5.27. The summed E-state index contributed by atoms with van der Waals surface area (Å²) in [4.78, 5) is 12.0. The maximum Gasteiger partial charge on any atom is 0.244 e. The van der Waals surface area contributed by atoms with Gasteiger partial charge in [-0.25, -0.2) is 0 Å². The minimum Gasteiger partial charge on any atom is -0.349 e. The second-order valence-electron chi connectivity index (χ2n) is 5.05. The lowest BCUT2D eigenvalue weighted by molar-refractivity contribution is -0.117. The third-order valence-electron chi connectivity index (χ3n) is 3.39. The molecule has 21 heavy (non-hydrogen) atoms. The summed E-state index contributed by atoms with van der Waals surface area (Å²) in [6.07, 6.45) is 5.22. The highest BCUT2D eigenvalue weighted by Gasteiger charge is 2.09. The number of nitrogens with one attached hydrogen (secondary N) is 1. The Morgan fingerprint density at radius 1 is 1.05 bits per heavy atom. The first-order valence-electron chi connectivity index (χ1n) is 7.35. The molecule has 1 N–H and O–H groups in total. The fourth-order valence-electron chi connectivity index (χ4n) is 2.18. The van der Waals surface area contributed by atoms with E-state index in [1.807, 2.05) is 54.6 Å². The van der Waals surface area contributed by atoms with E-state index < -0.39 is 0 Å². The van der Waals surface area contributed by atoms with Crippen molar-refractivity contribution in [3.8, 4) is 0 Å². The first-order chi connectivity index (χ1) is 10.3. The number of rotatable bonds is 6. The molecule has 2 aromatic carbocycles. The standard InChI is InChI=1S/C19H21NO/c1-2-18(15-17-11-7-4-8-12-17)20-19(21)14-13-16-9-5-3-6-10-16/h3-14,18H,2,15H2,1H3,(H,20,21)/b14-13+/t18-/m1/s1. The van der Waals surface area contributed by atoms with Crippen molar-refractivity contribution in [2.45, 2.75) is 25.8 Å². The lowest BCUT2D eigenvalue weighted by Crippen LogP contribution is -2.34. The van der Waals surface area contributed by atoms with Gasteiger partial charge in [0.15, 0.2) is 0 Å². The zero-order valence-corrected chi connectivity index (χ0v) is 12.3. The molecule has 2 nitrogen and oxygen atoms in total. The van der Waals surface area contributed by atoms with E-state index in [0.717, 1.165) is 18.4 Å². The van der Waals surface area contributed by atoms with E-state index in [9.17, 15) is 4.79 Å². The average Bonchev–Trinajstić information content (AvgIpc) is 2.54. The van der Waals surface area contributed by atoms with Crippen LogP contribution in [0.1, 0.15) is 24.5 Å². The quantitative estimate of drug-likeness (QED) is 0.800. The van der Waals surface area contributed by atoms with Crippen molar-refractivity contribution in [3.63, 3.8) is 0 Å². The Kier molecular flexibility index (Phi) is 5.77. The molecule has 0 spiro atoms. The molecule has 0 fully saturated rings. The number of hydrogen-bond acceptors (Lipinski definition) is 1. The molecular formula is C19H21NO. The van der Waals surface area contributed by atoms with Gasteiger partial charge in [-0.2, -0.15) is 0 Å². The summed E-state index contributed by atoms with van der Waals surface area (Å²) in [6.45, 7) is 2.09. The molecule has 0 saturated carbocycles. The monoisotopic (exact) mass is 279 g/mol. The molecule has 2 heteroatoms. The SMILES string of the molecule is CC[C@H](Cc1ccccc1)NC(=O)/C=C/c1ccccc1. The summed E-state index contributed by atoms with van der Waals surface area (Å²) in [6, 6.07) is 20.2. The van der Waals surface area contributed by atoms with Crippen LogP contribution in [-0.2, 0) is 11.2 Å². The number of carbonyl (C=O) groups excluding carboxylic acids is 1. The number of carbonyl (C=O) groups is 1. The van der Waals surface area contributed by atoms with Crippen molar-refractivity contribution >= 4 is 12.0 Å². The molecule has 0 aliphatic rings. The van der Waals surface area contributed by atoms with E-state index in [-0.39, 0.29) is 11.9 Å². The molecule has 0 aliphatic heterocycles. The molecule has 2 rings (SSSR count). The van der Waals surface area contributed by atoms with Crippen LogP contribution in [-0.4, -0.2) is 11.9 Å². The van der Waals surface area contributed by atoms with E-state index in [2.05, 4.69) is 24.4 Å². The van der Waals surface area contributed by atoms with E-state index in [0.29, 0.717) is 0 Å². The molecule has 0 saturated heterocycles. The van der Waals surface area contributed by atoms with Crippen LogP contribution in [0.15, 0.2) is 66.7 Å². The van der Waals surface area contributed by atoms with Crippen LogP contribution >= 0.6 is 0 Å². The molecule has 2 aromatic rings. The summed E-state index contributed by atoms with van der Waals surface area (Å²) >= 11 is 0. The Morgan fingerprint density at radius 3 is 2.29 bits per heavy atom. The molecule has 0 radical (unpaired) electrons. The molecule has 0 heterocycles. The van der Waals surface area contributed by atoms with Gasteiger partial charge in [0.25, 0.3) is 0 Å². The normalized spacial score (nSPS) is 12.2. The van der Waals surface area contributed by atoms with E-state index in [1.54, 1.807) is 6.08 Å². The van der Waals surface area contributed by atoms with Crippen molar-refractivity contribution < 1.29 is 4.79 Å². The van der Waals surface area contributed by atoms with Crippen LogP contribution in [0.5, 0.6) is 0 Å². The van der Waals surface area contributed by atoms with Crippen LogP contribution in [0.4, 0.5) is 0 Å². The molecule has 1 atom stereocenters. The summed E-state index contributed by atoms with van der Waals surface area (Å²) < 4.78 is 0. The average molecular weight is 279 g/mol. The van der Waals surface area contributed by atoms with E-state index in [4.69, 9.17) is 0 Å². The Labute approximate surface area is 126 Å². The predicted octanol–water partition coefficient (Wildman–Crippen LogP) is 3.84. The van der Waals surface area contributed by atoms with Gasteiger partial charge in [-0.15, -0.1) is 0 Å². The number of benzene rings is 2. The maximum absolute atomic E-state index is 12.0. The van der Waals surface area contributed by atoms with E-state index in [1.165, 1.54) is 5.56 Å². The van der Waals surface area contributed by atoms with Crippen LogP contribution < -0.4 is 5.32 Å². The van der Waals surface area contributed by atoms with Gasteiger partial charge in [0.2, 0.25) is 5.91 Å². The summed E-state index contributed by atoms with van der Waals surface area (Å²) in [7, 11) is 0. The minimum absolute atomic E-state index is 0.0402. The molecular weight excluding hydrogens is 258 g/mol. The Morgan fingerprint density at radius 2 is 1.67 bits per heavy atom. The van der Waals surface area contributed by atoms with Gasteiger partial charge in [0.05, 0.1) is 0 Å². The smallest absolute Gasteiger partial charge is 0.244 e. The number of hydrogen-bond donors (Lipinski definition) is 1. The summed E-state index contributed by atoms with van der Waals surface area (Å²) in [5.74, 6) is -0.0402. The van der Waals surface area contributed by atoms with Crippen molar-refractivity contribution in [1.29, 1.82) is 0 Å². The lowest BCUT2D eigenvalue weighted by atomic mass is 10.0. The van der Waals surface area contributed by atoms with Gasteiger partial charge < -0.3 is 5.32 Å². The van der Waals surface area contributed by atoms with Crippen LogP contribution in [0.25, 0.3) is 6.08 Å². The highest BCUT2D eigenvalue weighted by atomic mass is 16.1. The molecule has 0 aliphatic carbocycles. The highest BCUT2D eigenvalue weighted by molar-refractivity contribution is 5.91. The minimum atomic E-state index is -0.0402. The fraction of sp³-hybridized carbons (Fsp3) is 0.211. The second kappa shape index (κ2) is 8.05. The topological polar surface area (TPSA) is 29.1 Å².